The van der Waals surface area contributed by atoms with Crippen LogP contribution in [0, 0.1) is 0 Å². The van der Waals surface area contributed by atoms with E-state index in [2.05, 4.69) is 10.4 Å². The van der Waals surface area contributed by atoms with Gasteiger partial charge in [0, 0.05) is 12.1 Å². The quantitative estimate of drug-likeness (QED) is 0.911. The smallest absolute Gasteiger partial charge is 0.370 e. The fourth-order valence-corrected chi connectivity index (χ4v) is 2.77. The lowest BCUT2D eigenvalue weighted by Crippen LogP contribution is -2.25. The summed E-state index contributed by atoms with van der Waals surface area (Å²) in [7, 11) is 0. The molecule has 0 saturated carbocycles. The van der Waals surface area contributed by atoms with Gasteiger partial charge in [-0.25, -0.2) is 4.68 Å². The molecule has 3 rings (SSSR count). The summed E-state index contributed by atoms with van der Waals surface area (Å²) in [5.74, 6) is 0.922. The Morgan fingerprint density at radius 2 is 2.19 bits per heavy atom. The summed E-state index contributed by atoms with van der Waals surface area (Å²) in [6.45, 7) is 2.77. The third kappa shape index (κ3) is 2.50. The number of hydrogen-bond donors (Lipinski definition) is 1. The first-order chi connectivity index (χ1) is 10.0. The van der Waals surface area contributed by atoms with Crippen LogP contribution in [0.4, 0.5) is 19.0 Å². The minimum atomic E-state index is -4.32. The summed E-state index contributed by atoms with van der Waals surface area (Å²) in [5.41, 5.74) is 1.13. The molecular weight excluding hydrogens is 279 g/mol. The Bertz CT molecular complexity index is 646. The molecule has 1 aliphatic rings. The van der Waals surface area contributed by atoms with E-state index in [-0.39, 0.29) is 6.04 Å². The first-order valence-corrected chi connectivity index (χ1v) is 6.98. The number of alkyl halides is 3. The van der Waals surface area contributed by atoms with Crippen LogP contribution in [0.15, 0.2) is 30.5 Å². The van der Waals surface area contributed by atoms with Gasteiger partial charge in [-0.05, 0) is 30.5 Å². The average molecular weight is 295 g/mol. The Balaban J connectivity index is 2.01. The normalized spacial score (nSPS) is 18.2. The van der Waals surface area contributed by atoms with E-state index in [0.29, 0.717) is 5.56 Å². The second-order valence-electron chi connectivity index (χ2n) is 5.17. The van der Waals surface area contributed by atoms with Gasteiger partial charge < -0.3 is 5.32 Å². The minimum absolute atomic E-state index is 0.149. The van der Waals surface area contributed by atoms with Crippen molar-refractivity contribution in [3.8, 4) is 0 Å². The molecule has 0 bridgehead atoms. The van der Waals surface area contributed by atoms with Gasteiger partial charge in [0.25, 0.3) is 0 Å². The predicted octanol–water partition coefficient (Wildman–Crippen LogP) is 3.87. The number of hydrogen-bond acceptors (Lipinski definition) is 2. The van der Waals surface area contributed by atoms with Crippen LogP contribution in [0.25, 0.3) is 0 Å². The van der Waals surface area contributed by atoms with Crippen LogP contribution in [-0.2, 0) is 12.6 Å². The van der Waals surface area contributed by atoms with Gasteiger partial charge >= 0.3 is 6.18 Å². The van der Waals surface area contributed by atoms with Crippen molar-refractivity contribution in [3.05, 3.63) is 47.2 Å². The molecule has 2 heterocycles. The maximum atomic E-state index is 12.9. The number of anilines is 1. The van der Waals surface area contributed by atoms with Gasteiger partial charge in [0.05, 0.1) is 17.8 Å². The van der Waals surface area contributed by atoms with E-state index in [1.54, 1.807) is 16.9 Å². The highest BCUT2D eigenvalue weighted by molar-refractivity contribution is 5.47. The minimum Gasteiger partial charge on any atom is -0.370 e. The molecule has 0 radical (unpaired) electrons. The van der Waals surface area contributed by atoms with Crippen LogP contribution in [-0.4, -0.2) is 16.3 Å². The Kier molecular flexibility index (Phi) is 3.39. The van der Waals surface area contributed by atoms with Crippen LogP contribution in [0.3, 0.4) is 0 Å². The molecule has 1 aliphatic heterocycles. The van der Waals surface area contributed by atoms with Crippen molar-refractivity contribution < 1.29 is 13.2 Å². The van der Waals surface area contributed by atoms with Crippen molar-refractivity contribution in [3.63, 3.8) is 0 Å². The fourth-order valence-electron chi connectivity index (χ4n) is 2.77. The molecule has 0 aliphatic carbocycles. The number of benzene rings is 1. The largest absolute Gasteiger partial charge is 0.416 e. The summed E-state index contributed by atoms with van der Waals surface area (Å²) in [6, 6.07) is 5.38. The Morgan fingerprint density at radius 3 is 2.90 bits per heavy atom. The first kappa shape index (κ1) is 14.0. The molecule has 1 N–H and O–H groups in total. The van der Waals surface area contributed by atoms with Gasteiger partial charge in [-0.2, -0.15) is 18.3 Å². The molecule has 1 aromatic heterocycles. The molecular formula is C15H16F3N3. The maximum absolute atomic E-state index is 12.9. The number of halogens is 3. The molecule has 0 spiro atoms. The molecule has 1 unspecified atom stereocenters. The number of rotatable bonds is 2. The van der Waals surface area contributed by atoms with Gasteiger partial charge in [0.15, 0.2) is 0 Å². The van der Waals surface area contributed by atoms with Gasteiger partial charge in [-0.1, -0.05) is 19.1 Å². The zero-order valence-corrected chi connectivity index (χ0v) is 11.6. The molecule has 3 nitrogen and oxygen atoms in total. The standard InChI is InChI=1S/C15H16F3N3/c1-2-10-9-20-21-13(6-7-19-14(10)21)11-4-3-5-12(8-11)15(16,17)18/h3-5,8-9,13,19H,2,6-7H2,1H3. The van der Waals surface area contributed by atoms with Gasteiger partial charge in [0.2, 0.25) is 0 Å². The van der Waals surface area contributed by atoms with Crippen LogP contribution in [0.5, 0.6) is 0 Å². The highest BCUT2D eigenvalue weighted by atomic mass is 19.4. The molecule has 1 atom stereocenters. The molecule has 112 valence electrons. The van der Waals surface area contributed by atoms with E-state index >= 15 is 0 Å². The molecule has 0 saturated heterocycles. The molecule has 1 aromatic carbocycles. The van der Waals surface area contributed by atoms with Crippen molar-refractivity contribution in [2.24, 2.45) is 0 Å². The van der Waals surface area contributed by atoms with Crippen molar-refractivity contribution in [1.29, 1.82) is 0 Å². The van der Waals surface area contributed by atoms with Crippen molar-refractivity contribution in [2.75, 3.05) is 11.9 Å². The summed E-state index contributed by atoms with van der Waals surface area (Å²) in [6.07, 6.45) is -0.963. The topological polar surface area (TPSA) is 29.9 Å². The Labute approximate surface area is 120 Å². The highest BCUT2D eigenvalue weighted by Crippen LogP contribution is 2.35. The lowest BCUT2D eigenvalue weighted by molar-refractivity contribution is -0.137. The summed E-state index contributed by atoms with van der Waals surface area (Å²) in [4.78, 5) is 0. The van der Waals surface area contributed by atoms with Crippen LogP contribution in [0.1, 0.15) is 36.1 Å². The first-order valence-electron chi connectivity index (χ1n) is 6.98. The van der Waals surface area contributed by atoms with Crippen molar-refractivity contribution in [2.45, 2.75) is 32.0 Å². The molecule has 2 aromatic rings. The van der Waals surface area contributed by atoms with E-state index < -0.39 is 11.7 Å². The summed E-state index contributed by atoms with van der Waals surface area (Å²) < 4.78 is 40.4. The van der Waals surface area contributed by atoms with Crippen molar-refractivity contribution in [1.82, 2.24) is 9.78 Å². The van der Waals surface area contributed by atoms with Gasteiger partial charge in [-0.15, -0.1) is 0 Å². The third-order valence-electron chi connectivity index (χ3n) is 3.86. The van der Waals surface area contributed by atoms with Crippen LogP contribution in [0.2, 0.25) is 0 Å². The predicted molar refractivity (Wildman–Crippen MR) is 74.3 cm³/mol. The second-order valence-corrected chi connectivity index (χ2v) is 5.17. The van der Waals surface area contributed by atoms with Gasteiger partial charge in [0.1, 0.15) is 5.82 Å². The zero-order chi connectivity index (χ0) is 15.0. The number of aryl methyl sites for hydroxylation is 1. The monoisotopic (exact) mass is 295 g/mol. The van der Waals surface area contributed by atoms with E-state index in [0.717, 1.165) is 36.8 Å². The summed E-state index contributed by atoms with van der Waals surface area (Å²) in [5, 5.41) is 7.64. The lowest BCUT2D eigenvalue weighted by Gasteiger charge is -2.27. The zero-order valence-electron chi connectivity index (χ0n) is 11.6. The number of fused-ring (bicyclic) bond motifs is 1. The van der Waals surface area contributed by atoms with E-state index in [1.807, 2.05) is 6.92 Å². The Hall–Kier alpha value is -1.98. The third-order valence-corrected chi connectivity index (χ3v) is 3.86. The lowest BCUT2D eigenvalue weighted by atomic mass is 9.99. The maximum Gasteiger partial charge on any atom is 0.416 e. The van der Waals surface area contributed by atoms with Crippen LogP contribution >= 0.6 is 0 Å². The average Bonchev–Trinajstić information content (AvgIpc) is 2.89. The van der Waals surface area contributed by atoms with E-state index in [9.17, 15) is 13.2 Å². The summed E-state index contributed by atoms with van der Waals surface area (Å²) >= 11 is 0. The number of nitrogens with zero attached hydrogens (tertiary/aromatic N) is 2. The Morgan fingerprint density at radius 1 is 1.38 bits per heavy atom. The van der Waals surface area contributed by atoms with Crippen LogP contribution < -0.4 is 5.32 Å². The molecule has 21 heavy (non-hydrogen) atoms. The molecule has 0 amide bonds. The fraction of sp³-hybridized carbons (Fsp3) is 0.400. The van der Waals surface area contributed by atoms with Crippen molar-refractivity contribution >= 4 is 5.82 Å². The SMILES string of the molecule is CCc1cnn2c1NCCC2c1cccc(C(F)(F)F)c1. The van der Waals surface area contributed by atoms with E-state index in [4.69, 9.17) is 0 Å². The van der Waals surface area contributed by atoms with E-state index in [1.165, 1.54) is 12.1 Å². The molecule has 6 heteroatoms. The number of nitrogens with one attached hydrogen (secondary N) is 1. The van der Waals surface area contributed by atoms with Gasteiger partial charge in [-0.3, -0.25) is 0 Å². The second kappa shape index (κ2) is 5.09. The number of aromatic nitrogens is 2. The highest BCUT2D eigenvalue weighted by Gasteiger charge is 2.32. The molecule has 0 fully saturated rings.